The Bertz CT molecular complexity index is 390. The molecule has 0 saturated carbocycles. The maximum Gasteiger partial charge on any atom is 0.221 e. The fraction of sp³-hybridized carbons (Fsp3) is 0.222. The van der Waals surface area contributed by atoms with Gasteiger partial charge in [0.05, 0.1) is 11.3 Å². The Morgan fingerprint density at radius 2 is 2.29 bits per heavy atom. The average Bonchev–Trinajstić information content (AvgIpc) is 2.01. The standard InChI is InChI=1S/C9H11N3OS/c1-5-3-8(12-6(2)13)7(4-11-5)9(10)14/h3-4H,1-2H3,(H2,10,14)(H,11,12,13). The third-order valence-electron chi connectivity index (χ3n) is 1.62. The molecule has 0 aliphatic heterocycles. The minimum Gasteiger partial charge on any atom is -0.389 e. The quantitative estimate of drug-likeness (QED) is 0.712. The first-order valence-corrected chi connectivity index (χ1v) is 4.45. The van der Waals surface area contributed by atoms with Crippen molar-refractivity contribution in [3.63, 3.8) is 0 Å². The van der Waals surface area contributed by atoms with Gasteiger partial charge in [0.15, 0.2) is 0 Å². The largest absolute Gasteiger partial charge is 0.389 e. The second-order valence-electron chi connectivity index (χ2n) is 2.92. The van der Waals surface area contributed by atoms with Crippen molar-refractivity contribution in [3.8, 4) is 0 Å². The van der Waals surface area contributed by atoms with Crippen molar-refractivity contribution in [2.24, 2.45) is 5.73 Å². The minimum atomic E-state index is -0.159. The van der Waals surface area contributed by atoms with Crippen molar-refractivity contribution < 1.29 is 4.79 Å². The summed E-state index contributed by atoms with van der Waals surface area (Å²) in [6, 6.07) is 1.73. The van der Waals surface area contributed by atoms with E-state index in [2.05, 4.69) is 10.3 Å². The molecule has 0 spiro atoms. The number of nitrogens with zero attached hydrogens (tertiary/aromatic N) is 1. The molecular weight excluding hydrogens is 198 g/mol. The number of nitrogens with two attached hydrogens (primary N) is 1. The Balaban J connectivity index is 3.15. The second-order valence-corrected chi connectivity index (χ2v) is 3.36. The van der Waals surface area contributed by atoms with Crippen LogP contribution in [0.3, 0.4) is 0 Å². The molecule has 14 heavy (non-hydrogen) atoms. The van der Waals surface area contributed by atoms with E-state index in [0.29, 0.717) is 11.3 Å². The van der Waals surface area contributed by atoms with E-state index in [1.54, 1.807) is 12.3 Å². The van der Waals surface area contributed by atoms with Gasteiger partial charge in [0, 0.05) is 18.8 Å². The first-order chi connectivity index (χ1) is 6.50. The van der Waals surface area contributed by atoms with Crippen LogP contribution >= 0.6 is 12.2 Å². The molecule has 0 fully saturated rings. The molecule has 0 aliphatic carbocycles. The maximum absolute atomic E-state index is 10.9. The van der Waals surface area contributed by atoms with Crippen molar-refractivity contribution in [1.82, 2.24) is 4.98 Å². The Hall–Kier alpha value is -1.49. The molecule has 1 rings (SSSR count). The third-order valence-corrected chi connectivity index (χ3v) is 1.84. The Kier molecular flexibility index (Phi) is 3.14. The van der Waals surface area contributed by atoms with Crippen LogP contribution in [0.4, 0.5) is 5.69 Å². The van der Waals surface area contributed by atoms with Gasteiger partial charge in [0.1, 0.15) is 4.99 Å². The van der Waals surface area contributed by atoms with E-state index in [-0.39, 0.29) is 10.9 Å². The summed E-state index contributed by atoms with van der Waals surface area (Å²) in [5.74, 6) is -0.159. The zero-order valence-electron chi connectivity index (χ0n) is 8.00. The molecule has 4 nitrogen and oxygen atoms in total. The minimum absolute atomic E-state index is 0.159. The number of nitrogens with one attached hydrogen (secondary N) is 1. The number of hydrogen-bond acceptors (Lipinski definition) is 3. The fourth-order valence-corrected chi connectivity index (χ4v) is 1.21. The molecule has 3 N–H and O–H groups in total. The summed E-state index contributed by atoms with van der Waals surface area (Å²) in [5.41, 5.74) is 7.47. The zero-order chi connectivity index (χ0) is 10.7. The number of amides is 1. The lowest BCUT2D eigenvalue weighted by Gasteiger charge is -2.08. The molecule has 0 unspecified atom stereocenters. The highest BCUT2D eigenvalue weighted by Gasteiger charge is 2.07. The van der Waals surface area contributed by atoms with Gasteiger partial charge in [-0.2, -0.15) is 0 Å². The molecule has 1 amide bonds. The molecular formula is C9H11N3OS. The van der Waals surface area contributed by atoms with E-state index in [1.165, 1.54) is 6.92 Å². The van der Waals surface area contributed by atoms with E-state index in [1.807, 2.05) is 6.92 Å². The van der Waals surface area contributed by atoms with Crippen LogP contribution < -0.4 is 11.1 Å². The topological polar surface area (TPSA) is 68.0 Å². The number of carbonyl (C=O) groups is 1. The number of pyridine rings is 1. The van der Waals surface area contributed by atoms with Gasteiger partial charge in [-0.25, -0.2) is 0 Å². The van der Waals surface area contributed by atoms with Gasteiger partial charge in [0.2, 0.25) is 5.91 Å². The van der Waals surface area contributed by atoms with Crippen LogP contribution in [0.2, 0.25) is 0 Å². The van der Waals surface area contributed by atoms with Gasteiger partial charge in [-0.3, -0.25) is 9.78 Å². The van der Waals surface area contributed by atoms with Crippen LogP contribution in [0.15, 0.2) is 12.3 Å². The van der Waals surface area contributed by atoms with E-state index >= 15 is 0 Å². The summed E-state index contributed by atoms with van der Waals surface area (Å²) in [6.07, 6.45) is 1.56. The maximum atomic E-state index is 10.9. The summed E-state index contributed by atoms with van der Waals surface area (Å²) < 4.78 is 0. The molecule has 5 heteroatoms. The van der Waals surface area contributed by atoms with Crippen LogP contribution in [0, 0.1) is 6.92 Å². The summed E-state index contributed by atoms with van der Waals surface area (Å²) >= 11 is 4.83. The molecule has 0 aromatic carbocycles. The van der Waals surface area contributed by atoms with Gasteiger partial charge in [0.25, 0.3) is 0 Å². The lowest BCUT2D eigenvalue weighted by atomic mass is 10.2. The Morgan fingerprint density at radius 1 is 1.64 bits per heavy atom. The Morgan fingerprint density at radius 3 is 2.79 bits per heavy atom. The van der Waals surface area contributed by atoms with Crippen LogP contribution in [0.25, 0.3) is 0 Å². The van der Waals surface area contributed by atoms with Crippen molar-refractivity contribution in [1.29, 1.82) is 0 Å². The highest BCUT2D eigenvalue weighted by molar-refractivity contribution is 7.80. The zero-order valence-corrected chi connectivity index (χ0v) is 8.81. The van der Waals surface area contributed by atoms with Gasteiger partial charge >= 0.3 is 0 Å². The van der Waals surface area contributed by atoms with Crippen LogP contribution in [-0.2, 0) is 4.79 Å². The number of thiocarbonyl (C=S) groups is 1. The molecule has 1 aromatic heterocycles. The lowest BCUT2D eigenvalue weighted by molar-refractivity contribution is -0.114. The first-order valence-electron chi connectivity index (χ1n) is 4.04. The van der Waals surface area contributed by atoms with Gasteiger partial charge in [-0.15, -0.1) is 0 Å². The molecule has 0 saturated heterocycles. The second kappa shape index (κ2) is 4.15. The summed E-state index contributed by atoms with van der Waals surface area (Å²) in [7, 11) is 0. The average molecular weight is 209 g/mol. The van der Waals surface area contributed by atoms with E-state index < -0.39 is 0 Å². The van der Waals surface area contributed by atoms with Crippen molar-refractivity contribution >= 4 is 28.8 Å². The van der Waals surface area contributed by atoms with Gasteiger partial charge < -0.3 is 11.1 Å². The van der Waals surface area contributed by atoms with E-state index in [9.17, 15) is 4.79 Å². The molecule has 0 radical (unpaired) electrons. The van der Waals surface area contributed by atoms with Crippen LogP contribution in [-0.4, -0.2) is 15.9 Å². The molecule has 0 aliphatic rings. The van der Waals surface area contributed by atoms with Gasteiger partial charge in [-0.1, -0.05) is 12.2 Å². The third kappa shape index (κ3) is 2.50. The summed E-state index contributed by atoms with van der Waals surface area (Å²) in [6.45, 7) is 3.26. The smallest absolute Gasteiger partial charge is 0.221 e. The number of aromatic nitrogens is 1. The normalized spacial score (nSPS) is 9.57. The highest BCUT2D eigenvalue weighted by atomic mass is 32.1. The highest BCUT2D eigenvalue weighted by Crippen LogP contribution is 2.15. The number of anilines is 1. The summed E-state index contributed by atoms with van der Waals surface area (Å²) in [4.78, 5) is 15.2. The molecule has 1 aromatic rings. The molecule has 0 bridgehead atoms. The van der Waals surface area contributed by atoms with Crippen molar-refractivity contribution in [2.45, 2.75) is 13.8 Å². The molecule has 1 heterocycles. The number of carbonyl (C=O) groups excluding carboxylic acids is 1. The monoisotopic (exact) mass is 209 g/mol. The number of rotatable bonds is 2. The first kappa shape index (κ1) is 10.6. The van der Waals surface area contributed by atoms with E-state index in [4.69, 9.17) is 18.0 Å². The van der Waals surface area contributed by atoms with E-state index in [0.717, 1.165) is 5.69 Å². The number of hydrogen-bond donors (Lipinski definition) is 2. The van der Waals surface area contributed by atoms with Crippen molar-refractivity contribution in [2.75, 3.05) is 5.32 Å². The Labute approximate surface area is 87.5 Å². The SMILES string of the molecule is CC(=O)Nc1cc(C)ncc1C(N)=S. The summed E-state index contributed by atoms with van der Waals surface area (Å²) in [5, 5.41) is 2.65. The molecule has 74 valence electrons. The van der Waals surface area contributed by atoms with Gasteiger partial charge in [-0.05, 0) is 13.0 Å². The lowest BCUT2D eigenvalue weighted by Crippen LogP contribution is -2.16. The number of aryl methyl sites for hydroxylation is 1. The van der Waals surface area contributed by atoms with Crippen LogP contribution in [0.5, 0.6) is 0 Å². The predicted octanol–water partition coefficient (Wildman–Crippen LogP) is 0.983. The predicted molar refractivity (Wildman–Crippen MR) is 59.2 cm³/mol. The van der Waals surface area contributed by atoms with Crippen LogP contribution in [0.1, 0.15) is 18.2 Å². The molecule has 0 atom stereocenters. The van der Waals surface area contributed by atoms with Crippen molar-refractivity contribution in [3.05, 3.63) is 23.5 Å². The fourth-order valence-electron chi connectivity index (χ4n) is 1.05.